The van der Waals surface area contributed by atoms with Gasteiger partial charge in [0.15, 0.2) is 0 Å². The van der Waals surface area contributed by atoms with Crippen molar-refractivity contribution in [2.24, 2.45) is 0 Å². The van der Waals surface area contributed by atoms with Crippen molar-refractivity contribution in [1.82, 2.24) is 0 Å². The number of hydrogen-bond acceptors (Lipinski definition) is 2. The molecule has 1 atom stereocenters. The van der Waals surface area contributed by atoms with Gasteiger partial charge < -0.3 is 5.11 Å². The molecule has 0 aliphatic carbocycles. The van der Waals surface area contributed by atoms with E-state index in [2.05, 4.69) is 0 Å². The minimum atomic E-state index is 0.0868. The molecule has 0 unspecified atom stereocenters. The zero-order chi connectivity index (χ0) is 5.82. The predicted molar refractivity (Wildman–Crippen MR) is 30.1 cm³/mol. The van der Waals surface area contributed by atoms with E-state index in [1.165, 1.54) is 0 Å². The number of rotatable bonds is 1. The van der Waals surface area contributed by atoms with Crippen molar-refractivity contribution < 1.29 is 9.84 Å². The normalized spacial score (nSPS) is 29.4. The Bertz CT molecular complexity index is 57.5. The summed E-state index contributed by atoms with van der Waals surface area (Å²) in [5, 5.41) is 8.55. The Morgan fingerprint density at radius 3 is 3.00 bits per heavy atom. The van der Waals surface area contributed by atoms with Crippen LogP contribution in [0.3, 0.4) is 0 Å². The largest absolute Gasteiger partial charge is 0.393 e. The first kappa shape index (κ1) is 5.92. The number of hydrogen-bond donors (Lipinski definition) is 1. The van der Waals surface area contributed by atoms with Crippen molar-refractivity contribution in [2.45, 2.75) is 25.4 Å². The molecule has 0 bridgehead atoms. The van der Waals surface area contributed by atoms with Crippen LogP contribution in [-0.4, -0.2) is 17.8 Å². The van der Waals surface area contributed by atoms with Gasteiger partial charge in [0, 0.05) is 0 Å². The van der Waals surface area contributed by atoms with Crippen molar-refractivity contribution in [3.05, 3.63) is 6.61 Å². The molecule has 1 rings (SSSR count). The Labute approximate surface area is 49.5 Å². The van der Waals surface area contributed by atoms with Crippen LogP contribution in [0.5, 0.6) is 0 Å². The number of ether oxygens (including phenoxy) is 1. The number of aliphatic hydroxyl groups is 1. The van der Waals surface area contributed by atoms with Gasteiger partial charge in [0.05, 0.1) is 6.61 Å². The zero-order valence-corrected chi connectivity index (χ0v) is 4.84. The van der Waals surface area contributed by atoms with E-state index in [9.17, 15) is 0 Å². The summed E-state index contributed by atoms with van der Waals surface area (Å²) in [5.74, 6) is 0. The quantitative estimate of drug-likeness (QED) is 0.510. The summed E-state index contributed by atoms with van der Waals surface area (Å²) < 4.78 is 5.05. The molecule has 8 heavy (non-hydrogen) atoms. The molecule has 0 aromatic heterocycles. The molecule has 1 aliphatic rings. The standard InChI is InChI=1S/C6H11O2/c7-5-6-3-1-2-4-8-6/h4,6-7H,1-3,5H2/q+1/t6-/m0/s1. The molecule has 2 heteroatoms. The van der Waals surface area contributed by atoms with E-state index >= 15 is 0 Å². The molecule has 0 aromatic rings. The third-order valence-corrected chi connectivity index (χ3v) is 1.34. The average molecular weight is 115 g/mol. The molecule has 1 saturated heterocycles. The first-order valence-electron chi connectivity index (χ1n) is 3.01. The first-order valence-corrected chi connectivity index (χ1v) is 3.01. The van der Waals surface area contributed by atoms with Crippen LogP contribution in [0.15, 0.2) is 0 Å². The van der Waals surface area contributed by atoms with Crippen molar-refractivity contribution >= 4 is 0 Å². The van der Waals surface area contributed by atoms with Crippen LogP contribution in [0.2, 0.25) is 0 Å². The zero-order valence-electron chi connectivity index (χ0n) is 4.84. The molecule has 0 saturated carbocycles. The Balaban J connectivity index is 2.13. The van der Waals surface area contributed by atoms with E-state index in [1.54, 1.807) is 6.61 Å². The van der Waals surface area contributed by atoms with Gasteiger partial charge in [-0.15, -0.1) is 0 Å². The van der Waals surface area contributed by atoms with Crippen LogP contribution < -0.4 is 0 Å². The lowest BCUT2D eigenvalue weighted by Crippen LogP contribution is -2.19. The van der Waals surface area contributed by atoms with Crippen molar-refractivity contribution in [3.8, 4) is 0 Å². The SMILES string of the molecule is OC[C@@H]1CCC[CH+]O1. The fraction of sp³-hybridized carbons (Fsp3) is 0.833. The second kappa shape index (κ2) is 2.95. The monoisotopic (exact) mass is 115 g/mol. The molecular weight excluding hydrogens is 104 g/mol. The highest BCUT2D eigenvalue weighted by Crippen LogP contribution is 2.14. The predicted octanol–water partition coefficient (Wildman–Crippen LogP) is 0.710. The third-order valence-electron chi connectivity index (χ3n) is 1.34. The maximum atomic E-state index is 8.55. The fourth-order valence-corrected chi connectivity index (χ4v) is 0.835. The highest BCUT2D eigenvalue weighted by atomic mass is 16.5. The van der Waals surface area contributed by atoms with Gasteiger partial charge in [-0.05, 0) is 12.8 Å². The van der Waals surface area contributed by atoms with E-state index in [4.69, 9.17) is 9.84 Å². The van der Waals surface area contributed by atoms with E-state index in [-0.39, 0.29) is 12.7 Å². The van der Waals surface area contributed by atoms with Gasteiger partial charge in [0.25, 0.3) is 0 Å². The van der Waals surface area contributed by atoms with Gasteiger partial charge in [-0.2, -0.15) is 4.74 Å². The molecule has 1 heterocycles. The lowest BCUT2D eigenvalue weighted by Gasteiger charge is -2.11. The van der Waals surface area contributed by atoms with Crippen LogP contribution in [-0.2, 0) is 4.74 Å². The summed E-state index contributed by atoms with van der Waals surface area (Å²) in [4.78, 5) is 0. The smallest absolute Gasteiger partial charge is 0.227 e. The molecular formula is C6H11O2+. The molecule has 46 valence electrons. The maximum Gasteiger partial charge on any atom is 0.227 e. The van der Waals surface area contributed by atoms with Gasteiger partial charge >= 0.3 is 0 Å². The highest BCUT2D eigenvalue weighted by Gasteiger charge is 2.18. The average Bonchev–Trinajstić information content (AvgIpc) is 1.90. The molecule has 0 radical (unpaired) electrons. The molecule has 0 spiro atoms. The fourth-order valence-electron chi connectivity index (χ4n) is 0.835. The lowest BCUT2D eigenvalue weighted by molar-refractivity contribution is 0.0208. The molecule has 1 fully saturated rings. The molecule has 0 amide bonds. The lowest BCUT2D eigenvalue weighted by atomic mass is 10.1. The summed E-state index contributed by atoms with van der Waals surface area (Å²) in [5.41, 5.74) is 0. The van der Waals surface area contributed by atoms with E-state index in [0.29, 0.717) is 0 Å². The van der Waals surface area contributed by atoms with Gasteiger partial charge in [0.2, 0.25) is 6.61 Å². The molecule has 2 nitrogen and oxygen atoms in total. The third kappa shape index (κ3) is 1.39. The molecule has 1 aliphatic heterocycles. The molecule has 0 aromatic carbocycles. The van der Waals surface area contributed by atoms with Gasteiger partial charge in [-0.3, -0.25) is 0 Å². The summed E-state index contributed by atoms with van der Waals surface area (Å²) >= 11 is 0. The van der Waals surface area contributed by atoms with E-state index < -0.39 is 0 Å². The Morgan fingerprint density at radius 1 is 1.75 bits per heavy atom. The van der Waals surface area contributed by atoms with Crippen molar-refractivity contribution in [1.29, 1.82) is 0 Å². The van der Waals surface area contributed by atoms with Crippen LogP contribution >= 0.6 is 0 Å². The number of aliphatic hydroxyl groups excluding tert-OH is 1. The van der Waals surface area contributed by atoms with Crippen molar-refractivity contribution in [2.75, 3.05) is 6.61 Å². The van der Waals surface area contributed by atoms with Crippen LogP contribution in [0.25, 0.3) is 0 Å². The summed E-state index contributed by atoms with van der Waals surface area (Å²) in [7, 11) is 0. The van der Waals surface area contributed by atoms with E-state index in [0.717, 1.165) is 19.3 Å². The maximum absolute atomic E-state index is 8.55. The summed E-state index contributed by atoms with van der Waals surface area (Å²) in [6.45, 7) is 1.95. The van der Waals surface area contributed by atoms with E-state index in [1.807, 2.05) is 0 Å². The second-order valence-corrected chi connectivity index (χ2v) is 2.04. The highest BCUT2D eigenvalue weighted by molar-refractivity contribution is 4.67. The minimum absolute atomic E-state index is 0.0868. The van der Waals surface area contributed by atoms with Gasteiger partial charge in [-0.1, -0.05) is 0 Å². The minimum Gasteiger partial charge on any atom is -0.393 e. The first-order chi connectivity index (χ1) is 3.93. The Kier molecular flexibility index (Phi) is 2.18. The second-order valence-electron chi connectivity index (χ2n) is 2.04. The van der Waals surface area contributed by atoms with Gasteiger partial charge in [-0.25, -0.2) is 0 Å². The topological polar surface area (TPSA) is 29.5 Å². The summed E-state index contributed by atoms with van der Waals surface area (Å²) in [6.07, 6.45) is 3.29. The molecule has 1 N–H and O–H groups in total. The van der Waals surface area contributed by atoms with Gasteiger partial charge in [0.1, 0.15) is 12.5 Å². The van der Waals surface area contributed by atoms with Crippen LogP contribution in [0.1, 0.15) is 19.3 Å². The van der Waals surface area contributed by atoms with Crippen LogP contribution in [0, 0.1) is 6.61 Å². The Morgan fingerprint density at radius 2 is 2.62 bits per heavy atom. The summed E-state index contributed by atoms with van der Waals surface area (Å²) in [6, 6.07) is 0. The van der Waals surface area contributed by atoms with Crippen molar-refractivity contribution in [3.63, 3.8) is 0 Å². The van der Waals surface area contributed by atoms with Crippen LogP contribution in [0.4, 0.5) is 0 Å². The Hall–Kier alpha value is -0.210.